The number of halogens is 2. The largest absolute Gasteiger partial charge is 4.00 e. The first-order chi connectivity index (χ1) is 22.2. The standard InChI is InChI=1S/2C15H25OSi.C12H11Si.2ClH.Zr/c2*1-15(2,3)13-10-11-8-6-7-9-12(11)14(13)16-17(4)5;1-3-7-11(8-4-1)13-12-9-5-2-6-10-12;;;/h2*10,17H,6-9H2,1-5H3;1-10,13H;2*1H;/q2*-1;;;;+4/p-2. The van der Waals surface area contributed by atoms with E-state index in [1.165, 1.54) is 95.5 Å². The molecule has 1 radical (unpaired) electrons. The smallest absolute Gasteiger partial charge is 1.00 e. The van der Waals surface area contributed by atoms with Gasteiger partial charge in [-0.1, -0.05) is 164 Å². The van der Waals surface area contributed by atoms with Crippen LogP contribution in [0.3, 0.4) is 0 Å². The fraction of sp³-hybridized carbons (Fsp3) is 0.476. The molecule has 0 aliphatic heterocycles. The zero-order chi connectivity index (χ0) is 34.2. The van der Waals surface area contributed by atoms with Crippen molar-refractivity contribution < 1.29 is 59.9 Å². The normalized spacial score (nSPS) is 13.5. The van der Waals surface area contributed by atoms with Gasteiger partial charge in [-0.3, -0.25) is 0 Å². The fourth-order valence-electron chi connectivity index (χ4n) is 6.65. The minimum absolute atomic E-state index is 0. The summed E-state index contributed by atoms with van der Waals surface area (Å²) in [6, 6.07) is 26.2. The second kappa shape index (κ2) is 21.5. The maximum absolute atomic E-state index is 6.25. The Morgan fingerprint density at radius 3 is 1.16 bits per heavy atom. The Bertz CT molecular complexity index is 1420. The first-order valence-corrected chi connectivity index (χ1v) is 24.9. The monoisotopic (exact) mass is 841 g/mol. The van der Waals surface area contributed by atoms with Crippen molar-refractivity contribution in [3.05, 3.63) is 106 Å². The molecule has 4 aromatic rings. The van der Waals surface area contributed by atoms with E-state index < -0.39 is 18.1 Å². The summed E-state index contributed by atoms with van der Waals surface area (Å²) in [5.74, 6) is 2.52. The van der Waals surface area contributed by atoms with Crippen molar-refractivity contribution in [3.63, 3.8) is 0 Å². The molecule has 6 rings (SSSR count). The van der Waals surface area contributed by atoms with Crippen LogP contribution in [-0.4, -0.2) is 27.6 Å². The predicted molar refractivity (Wildman–Crippen MR) is 213 cm³/mol. The van der Waals surface area contributed by atoms with Crippen LogP contribution in [0.4, 0.5) is 0 Å². The number of aryl methyl sites for hydroxylation is 2. The molecule has 0 atom stereocenters. The fourth-order valence-corrected chi connectivity index (χ4v) is 9.34. The minimum atomic E-state index is -1.01. The van der Waals surface area contributed by atoms with Gasteiger partial charge in [0.1, 0.15) is 9.52 Å². The minimum Gasteiger partial charge on any atom is -1.00 e. The SMILES string of the molecule is C[SiH](C)Oc1c(C(C)(C)C)[cH-]c2c1CCCC2.C[SiH](C)Oc1c(C(C)(C)C)[cH-]c2c1CCCC2.[Cl-].[Cl-].[Zr+4].c1ccc([SiH]c2ccccc2)cc1. The van der Waals surface area contributed by atoms with Gasteiger partial charge in [0.2, 0.25) is 18.1 Å². The van der Waals surface area contributed by atoms with E-state index in [1.807, 2.05) is 0 Å². The van der Waals surface area contributed by atoms with Gasteiger partial charge in [-0.05, 0) is 48.5 Å². The Kier molecular flexibility index (Phi) is 20.2. The van der Waals surface area contributed by atoms with Crippen molar-refractivity contribution >= 4 is 38.0 Å². The molecule has 2 aliphatic rings. The second-order valence-electron chi connectivity index (χ2n) is 16.0. The summed E-state index contributed by atoms with van der Waals surface area (Å²) in [5.41, 5.74) is 9.46. The van der Waals surface area contributed by atoms with E-state index in [4.69, 9.17) is 8.85 Å². The van der Waals surface area contributed by atoms with Crippen LogP contribution in [0.25, 0.3) is 0 Å². The third kappa shape index (κ3) is 13.7. The predicted octanol–water partition coefficient (Wildman–Crippen LogP) is 2.97. The van der Waals surface area contributed by atoms with Crippen LogP contribution in [0.5, 0.6) is 11.5 Å². The number of rotatable bonds is 6. The molecule has 0 saturated carbocycles. The zero-order valence-corrected chi connectivity index (χ0v) is 39.8. The van der Waals surface area contributed by atoms with Gasteiger partial charge in [-0.25, -0.2) is 0 Å². The van der Waals surface area contributed by atoms with E-state index in [-0.39, 0.29) is 71.4 Å². The van der Waals surface area contributed by atoms with Gasteiger partial charge < -0.3 is 33.7 Å². The summed E-state index contributed by atoms with van der Waals surface area (Å²) >= 11 is 0. The maximum Gasteiger partial charge on any atom is 4.00 e. The van der Waals surface area contributed by atoms with Crippen LogP contribution in [0, 0.1) is 0 Å². The number of fused-ring (bicyclic) bond motifs is 2. The Morgan fingerprint density at radius 2 is 0.860 bits per heavy atom. The van der Waals surface area contributed by atoms with Crippen LogP contribution in [0.15, 0.2) is 72.8 Å². The van der Waals surface area contributed by atoms with E-state index in [0.717, 1.165) is 0 Å². The van der Waals surface area contributed by atoms with Crippen LogP contribution in [0.2, 0.25) is 26.2 Å². The summed E-state index contributed by atoms with van der Waals surface area (Å²) in [6.45, 7) is 22.8. The van der Waals surface area contributed by atoms with Crippen molar-refractivity contribution in [2.24, 2.45) is 0 Å². The molecule has 2 aliphatic carbocycles. The van der Waals surface area contributed by atoms with Crippen LogP contribution in [-0.2, 0) is 62.7 Å². The average Bonchev–Trinajstić information content (AvgIpc) is 3.57. The Labute approximate surface area is 342 Å². The Morgan fingerprint density at radius 1 is 0.540 bits per heavy atom. The Hall–Kier alpha value is -1.15. The topological polar surface area (TPSA) is 18.5 Å². The second-order valence-corrected chi connectivity index (χ2v) is 22.3. The van der Waals surface area contributed by atoms with E-state index in [9.17, 15) is 0 Å². The van der Waals surface area contributed by atoms with Gasteiger partial charge in [0.25, 0.3) is 0 Å². The first kappa shape index (κ1) is 46.9. The third-order valence-corrected chi connectivity index (χ3v) is 11.8. The number of hydrogen-bond donors (Lipinski definition) is 0. The van der Waals surface area contributed by atoms with Crippen LogP contribution < -0.4 is 44.0 Å². The number of benzene rings is 2. The summed E-state index contributed by atoms with van der Waals surface area (Å²) in [7, 11) is -1.75. The van der Waals surface area contributed by atoms with Gasteiger partial charge in [0.05, 0.1) is 0 Å². The van der Waals surface area contributed by atoms with Crippen LogP contribution >= 0.6 is 0 Å². The summed E-state index contributed by atoms with van der Waals surface area (Å²) in [4.78, 5) is 0. The van der Waals surface area contributed by atoms with Gasteiger partial charge in [0, 0.05) is 0 Å². The molecule has 0 spiro atoms. The van der Waals surface area contributed by atoms with Crippen molar-refractivity contribution in [3.8, 4) is 11.5 Å². The van der Waals surface area contributed by atoms with Gasteiger partial charge in [0.15, 0.2) is 0 Å². The molecule has 271 valence electrons. The zero-order valence-electron chi connectivity index (χ0n) is 32.4. The molecule has 0 N–H and O–H groups in total. The number of hydrogen-bond acceptors (Lipinski definition) is 2. The quantitative estimate of drug-likeness (QED) is 0.220. The van der Waals surface area contributed by atoms with Crippen molar-refractivity contribution in [1.29, 1.82) is 0 Å². The summed E-state index contributed by atoms with van der Waals surface area (Å²) < 4.78 is 12.5. The molecular formula is C42H61Cl2O2Si3Zr. The molecule has 0 heterocycles. The maximum atomic E-state index is 6.25. The summed E-state index contributed by atoms with van der Waals surface area (Å²) in [6.07, 6.45) is 10.3. The van der Waals surface area contributed by atoms with E-state index in [1.54, 1.807) is 11.1 Å². The van der Waals surface area contributed by atoms with Gasteiger partial charge in [-0.2, -0.15) is 34.4 Å². The molecule has 8 heteroatoms. The van der Waals surface area contributed by atoms with E-state index in [2.05, 4.69) is 141 Å². The molecule has 2 nitrogen and oxygen atoms in total. The van der Waals surface area contributed by atoms with Gasteiger partial charge in [-0.15, -0.1) is 11.1 Å². The van der Waals surface area contributed by atoms with Crippen molar-refractivity contribution in [2.45, 2.75) is 130 Å². The first-order valence-electron chi connectivity index (χ1n) is 18.2. The molecule has 0 saturated heterocycles. The molecular weight excluding hydrogens is 783 g/mol. The Balaban J connectivity index is 0.000000367. The van der Waals surface area contributed by atoms with E-state index in [0.29, 0.717) is 0 Å². The van der Waals surface area contributed by atoms with E-state index >= 15 is 0 Å². The van der Waals surface area contributed by atoms with Crippen molar-refractivity contribution in [1.82, 2.24) is 0 Å². The molecule has 0 amide bonds. The summed E-state index contributed by atoms with van der Waals surface area (Å²) in [5, 5.41) is 2.90. The molecule has 0 unspecified atom stereocenters. The molecule has 0 bridgehead atoms. The van der Waals surface area contributed by atoms with Gasteiger partial charge >= 0.3 is 26.2 Å². The molecule has 50 heavy (non-hydrogen) atoms. The average molecular weight is 844 g/mol. The van der Waals surface area contributed by atoms with Crippen molar-refractivity contribution in [2.75, 3.05) is 0 Å². The molecule has 4 aromatic carbocycles. The third-order valence-electron chi connectivity index (χ3n) is 8.95. The van der Waals surface area contributed by atoms with Crippen LogP contribution in [0.1, 0.15) is 101 Å². The molecule has 0 aromatic heterocycles. The molecule has 0 fully saturated rings.